The van der Waals surface area contributed by atoms with E-state index in [0.717, 1.165) is 25.7 Å². The molecule has 8 heteroatoms. The predicted octanol–water partition coefficient (Wildman–Crippen LogP) is 3.92. The largest absolute Gasteiger partial charge is 0.466 e. The Balaban J connectivity index is 2.06. The Morgan fingerprint density at radius 1 is 1.12 bits per heavy atom. The molecule has 146 valence electrons. The number of hydrogen-bond donors (Lipinski definition) is 2. The van der Waals surface area contributed by atoms with Crippen LogP contribution in [-0.4, -0.2) is 37.4 Å². The number of ether oxygens (including phenoxy) is 1. The van der Waals surface area contributed by atoms with E-state index < -0.39 is 24.2 Å². The molecule has 0 saturated heterocycles. The summed E-state index contributed by atoms with van der Waals surface area (Å²) in [6.45, 7) is 2.63. The van der Waals surface area contributed by atoms with Gasteiger partial charge in [0.05, 0.1) is 12.5 Å². The van der Waals surface area contributed by atoms with Crippen LogP contribution < -0.4 is 10.6 Å². The van der Waals surface area contributed by atoms with Gasteiger partial charge in [-0.3, -0.25) is 4.79 Å². The van der Waals surface area contributed by atoms with Gasteiger partial charge in [0.1, 0.15) is 0 Å². The van der Waals surface area contributed by atoms with Crippen LogP contribution in [0.4, 0.5) is 18.0 Å². The van der Waals surface area contributed by atoms with Gasteiger partial charge in [-0.05, 0) is 39.0 Å². The second-order valence-electron chi connectivity index (χ2n) is 6.47. The molecule has 0 bridgehead atoms. The van der Waals surface area contributed by atoms with E-state index in [4.69, 9.17) is 4.74 Å². The van der Waals surface area contributed by atoms with E-state index in [-0.39, 0.29) is 18.8 Å². The highest BCUT2D eigenvalue weighted by atomic mass is 19.4. The summed E-state index contributed by atoms with van der Waals surface area (Å²) in [5.41, 5.74) is 0. The highest BCUT2D eigenvalue weighted by molar-refractivity contribution is 5.74. The molecule has 1 aliphatic rings. The number of nitrogens with one attached hydrogen (secondary N) is 2. The van der Waals surface area contributed by atoms with Crippen LogP contribution in [0.25, 0.3) is 0 Å². The van der Waals surface area contributed by atoms with Crippen LogP contribution in [0.1, 0.15) is 64.7 Å². The lowest BCUT2D eigenvalue weighted by atomic mass is 9.85. The molecule has 5 nitrogen and oxygen atoms in total. The number of unbranched alkanes of at least 4 members (excludes halogenated alkanes) is 3. The van der Waals surface area contributed by atoms with Crippen molar-refractivity contribution in [2.45, 2.75) is 76.9 Å². The summed E-state index contributed by atoms with van der Waals surface area (Å²) in [6, 6.07) is -0.815. The SMILES string of the molecule is CCOC(=O)CCCCCCNC(=O)NC1CCCC(C(F)(F)F)C1. The minimum absolute atomic E-state index is 0.0369. The molecule has 0 aliphatic heterocycles. The molecule has 2 N–H and O–H groups in total. The molecule has 1 rings (SSSR count). The number of alkyl halides is 3. The summed E-state index contributed by atoms with van der Waals surface area (Å²) in [6.07, 6.45) is 0.683. The van der Waals surface area contributed by atoms with Gasteiger partial charge < -0.3 is 15.4 Å². The molecule has 0 aromatic heterocycles. The lowest BCUT2D eigenvalue weighted by Crippen LogP contribution is -2.46. The average molecular weight is 366 g/mol. The van der Waals surface area contributed by atoms with E-state index >= 15 is 0 Å². The first kappa shape index (κ1) is 21.6. The average Bonchev–Trinajstić information content (AvgIpc) is 2.53. The third-order valence-electron chi connectivity index (χ3n) is 4.37. The quantitative estimate of drug-likeness (QED) is 0.480. The summed E-state index contributed by atoms with van der Waals surface area (Å²) >= 11 is 0. The molecule has 1 saturated carbocycles. The first-order valence-corrected chi connectivity index (χ1v) is 9.09. The number of hydrogen-bond acceptors (Lipinski definition) is 3. The van der Waals surface area contributed by atoms with Crippen molar-refractivity contribution in [3.05, 3.63) is 0 Å². The molecular formula is C17H29F3N2O3. The molecule has 1 aliphatic carbocycles. The van der Waals surface area contributed by atoms with E-state index in [2.05, 4.69) is 10.6 Å². The highest BCUT2D eigenvalue weighted by Gasteiger charge is 2.42. The van der Waals surface area contributed by atoms with Crippen molar-refractivity contribution in [3.8, 4) is 0 Å². The van der Waals surface area contributed by atoms with E-state index in [9.17, 15) is 22.8 Å². The third kappa shape index (κ3) is 9.55. The molecule has 0 aromatic carbocycles. The molecular weight excluding hydrogens is 337 g/mol. The van der Waals surface area contributed by atoms with Crippen LogP contribution in [0.5, 0.6) is 0 Å². The van der Waals surface area contributed by atoms with Crippen molar-refractivity contribution in [2.24, 2.45) is 5.92 Å². The van der Waals surface area contributed by atoms with Crippen LogP contribution in [0.2, 0.25) is 0 Å². The minimum atomic E-state index is -4.18. The first-order chi connectivity index (χ1) is 11.8. The maximum absolute atomic E-state index is 12.7. The van der Waals surface area contributed by atoms with Crippen molar-refractivity contribution in [1.29, 1.82) is 0 Å². The number of amides is 2. The van der Waals surface area contributed by atoms with Gasteiger partial charge in [-0.2, -0.15) is 13.2 Å². The lowest BCUT2D eigenvalue weighted by Gasteiger charge is -2.31. The molecule has 2 amide bonds. The maximum Gasteiger partial charge on any atom is 0.391 e. The second kappa shape index (κ2) is 11.2. The summed E-state index contributed by atoms with van der Waals surface area (Å²) in [5.74, 6) is -1.50. The van der Waals surface area contributed by atoms with Gasteiger partial charge in [0, 0.05) is 19.0 Å². The van der Waals surface area contributed by atoms with Crippen LogP contribution in [0.15, 0.2) is 0 Å². The zero-order chi connectivity index (χ0) is 18.7. The summed E-state index contributed by atoms with van der Waals surface area (Å²) in [5, 5.41) is 5.32. The fourth-order valence-corrected chi connectivity index (χ4v) is 3.04. The Bertz CT molecular complexity index is 416. The highest BCUT2D eigenvalue weighted by Crippen LogP contribution is 2.37. The topological polar surface area (TPSA) is 67.4 Å². The number of urea groups is 1. The van der Waals surface area contributed by atoms with E-state index in [1.54, 1.807) is 6.92 Å². The zero-order valence-corrected chi connectivity index (χ0v) is 14.8. The summed E-state index contributed by atoms with van der Waals surface area (Å²) in [7, 11) is 0. The van der Waals surface area contributed by atoms with Gasteiger partial charge in [-0.25, -0.2) is 4.79 Å². The Morgan fingerprint density at radius 3 is 2.52 bits per heavy atom. The number of halogens is 3. The van der Waals surface area contributed by atoms with Gasteiger partial charge in [-0.1, -0.05) is 19.3 Å². The smallest absolute Gasteiger partial charge is 0.391 e. The molecule has 0 aromatic rings. The number of rotatable bonds is 9. The summed E-state index contributed by atoms with van der Waals surface area (Å²) < 4.78 is 43.0. The van der Waals surface area contributed by atoms with Gasteiger partial charge in [0.25, 0.3) is 0 Å². The third-order valence-corrected chi connectivity index (χ3v) is 4.37. The second-order valence-corrected chi connectivity index (χ2v) is 6.47. The zero-order valence-electron chi connectivity index (χ0n) is 14.8. The predicted molar refractivity (Wildman–Crippen MR) is 88.1 cm³/mol. The molecule has 25 heavy (non-hydrogen) atoms. The standard InChI is InChI=1S/C17H29F3N2O3/c1-2-25-15(23)10-5-3-4-6-11-21-16(24)22-14-9-7-8-13(12-14)17(18,19)20/h13-14H,2-12H2,1H3,(H2,21,22,24). The Hall–Kier alpha value is -1.47. The van der Waals surface area contributed by atoms with Crippen molar-refractivity contribution >= 4 is 12.0 Å². The molecule has 2 unspecified atom stereocenters. The van der Waals surface area contributed by atoms with Gasteiger partial charge in [0.2, 0.25) is 0 Å². The van der Waals surface area contributed by atoms with Crippen LogP contribution in [0, 0.1) is 5.92 Å². The molecule has 1 fully saturated rings. The van der Waals surface area contributed by atoms with Crippen molar-refractivity contribution in [1.82, 2.24) is 10.6 Å². The van der Waals surface area contributed by atoms with Crippen molar-refractivity contribution in [3.63, 3.8) is 0 Å². The molecule has 0 heterocycles. The van der Waals surface area contributed by atoms with Crippen LogP contribution in [0.3, 0.4) is 0 Å². The number of carbonyl (C=O) groups excluding carboxylic acids is 2. The Labute approximate surface area is 147 Å². The fraction of sp³-hybridized carbons (Fsp3) is 0.882. The normalized spacial score (nSPS) is 20.8. The lowest BCUT2D eigenvalue weighted by molar-refractivity contribution is -0.183. The van der Waals surface area contributed by atoms with Crippen LogP contribution >= 0.6 is 0 Å². The van der Waals surface area contributed by atoms with E-state index in [1.807, 2.05) is 0 Å². The monoisotopic (exact) mass is 366 g/mol. The Morgan fingerprint density at radius 2 is 1.84 bits per heavy atom. The van der Waals surface area contributed by atoms with E-state index in [1.165, 1.54) is 0 Å². The summed E-state index contributed by atoms with van der Waals surface area (Å²) in [4.78, 5) is 22.9. The first-order valence-electron chi connectivity index (χ1n) is 9.09. The molecule has 0 spiro atoms. The van der Waals surface area contributed by atoms with Gasteiger partial charge in [0.15, 0.2) is 0 Å². The van der Waals surface area contributed by atoms with Gasteiger partial charge >= 0.3 is 18.2 Å². The van der Waals surface area contributed by atoms with Crippen molar-refractivity contribution in [2.75, 3.05) is 13.2 Å². The number of carbonyl (C=O) groups is 2. The maximum atomic E-state index is 12.7. The fourth-order valence-electron chi connectivity index (χ4n) is 3.04. The number of esters is 1. The Kier molecular flexibility index (Phi) is 9.67. The van der Waals surface area contributed by atoms with E-state index in [0.29, 0.717) is 32.4 Å². The van der Waals surface area contributed by atoms with Gasteiger partial charge in [-0.15, -0.1) is 0 Å². The minimum Gasteiger partial charge on any atom is -0.466 e. The molecule has 0 radical (unpaired) electrons. The van der Waals surface area contributed by atoms with Crippen LogP contribution in [-0.2, 0) is 9.53 Å². The molecule has 2 atom stereocenters. The van der Waals surface area contributed by atoms with Crippen molar-refractivity contribution < 1.29 is 27.5 Å².